The van der Waals surface area contributed by atoms with Crippen molar-refractivity contribution in [2.45, 2.75) is 38.9 Å². The molecule has 0 aromatic heterocycles. The fraction of sp³-hybridized carbons (Fsp3) is 0.409. The minimum absolute atomic E-state index is 0.0576. The van der Waals surface area contributed by atoms with Gasteiger partial charge in [0, 0.05) is 12.6 Å². The van der Waals surface area contributed by atoms with Crippen LogP contribution in [0.25, 0.3) is 0 Å². The molecule has 6 nitrogen and oxygen atoms in total. The molecule has 1 aliphatic heterocycles. The number of halogens is 1. The predicted molar refractivity (Wildman–Crippen MR) is 114 cm³/mol. The summed E-state index contributed by atoms with van der Waals surface area (Å²) in [5.74, 6) is 1.35. The summed E-state index contributed by atoms with van der Waals surface area (Å²) in [7, 11) is 3.22. The third-order valence-corrected chi connectivity index (χ3v) is 5.15. The van der Waals surface area contributed by atoms with E-state index in [-0.39, 0.29) is 18.2 Å². The number of methoxy groups -OCH3 is 2. The van der Waals surface area contributed by atoms with Gasteiger partial charge in [-0.15, -0.1) is 0 Å². The monoisotopic (exact) mass is 418 g/mol. The lowest BCUT2D eigenvalue weighted by Crippen LogP contribution is -2.34. The highest BCUT2D eigenvalue weighted by Gasteiger charge is 2.33. The second-order valence-corrected chi connectivity index (χ2v) is 7.77. The first-order chi connectivity index (χ1) is 13.9. The van der Waals surface area contributed by atoms with Crippen molar-refractivity contribution in [1.29, 1.82) is 0 Å². The minimum Gasteiger partial charge on any atom is -0.493 e. The largest absolute Gasteiger partial charge is 0.493 e. The van der Waals surface area contributed by atoms with Gasteiger partial charge in [-0.2, -0.15) is 0 Å². The zero-order valence-corrected chi connectivity index (χ0v) is 18.0. The van der Waals surface area contributed by atoms with Gasteiger partial charge in [-0.05, 0) is 55.7 Å². The molecule has 3 rings (SSSR count). The second kappa shape index (κ2) is 9.27. The second-order valence-electron chi connectivity index (χ2n) is 7.37. The van der Waals surface area contributed by atoms with E-state index in [1.807, 2.05) is 36.4 Å². The molecular formula is C22H27ClN2O4. The predicted octanol–water partition coefficient (Wildman–Crippen LogP) is 4.74. The Balaban J connectivity index is 1.76. The number of carbonyl (C=O) groups excluding carboxylic acids is 1. The Labute approximate surface area is 176 Å². The van der Waals surface area contributed by atoms with E-state index in [1.165, 1.54) is 0 Å². The summed E-state index contributed by atoms with van der Waals surface area (Å²) in [5, 5.41) is 3.99. The van der Waals surface area contributed by atoms with Crippen LogP contribution in [0.15, 0.2) is 36.4 Å². The van der Waals surface area contributed by atoms with Crippen LogP contribution in [0, 0.1) is 0 Å². The van der Waals surface area contributed by atoms with Gasteiger partial charge in [-0.1, -0.05) is 23.7 Å². The maximum atomic E-state index is 12.3. The van der Waals surface area contributed by atoms with Gasteiger partial charge in [-0.3, -0.25) is 4.90 Å². The molecule has 2 aromatic rings. The average Bonchev–Trinajstić information content (AvgIpc) is 3.03. The molecule has 1 atom stereocenters. The van der Waals surface area contributed by atoms with Crippen molar-refractivity contribution in [2.24, 2.45) is 0 Å². The molecule has 1 aliphatic rings. The summed E-state index contributed by atoms with van der Waals surface area (Å²) in [4.78, 5) is 14.1. The molecule has 29 heavy (non-hydrogen) atoms. The van der Waals surface area contributed by atoms with Crippen LogP contribution in [0.2, 0.25) is 5.02 Å². The van der Waals surface area contributed by atoms with Gasteiger partial charge in [0.2, 0.25) is 0 Å². The van der Waals surface area contributed by atoms with Gasteiger partial charge in [-0.25, -0.2) is 4.79 Å². The molecule has 0 radical (unpaired) electrons. The molecule has 1 saturated heterocycles. The molecule has 1 unspecified atom stereocenters. The lowest BCUT2D eigenvalue weighted by molar-refractivity contribution is 0.156. The number of ether oxygens (including phenoxy) is 3. The highest BCUT2D eigenvalue weighted by Crippen LogP contribution is 2.30. The number of rotatable bonds is 8. The first-order valence-corrected chi connectivity index (χ1v) is 9.98. The molecule has 0 bridgehead atoms. The highest BCUT2D eigenvalue weighted by molar-refractivity contribution is 6.33. The molecule has 0 saturated carbocycles. The Bertz CT molecular complexity index is 872. The number of cyclic esters (lactones) is 1. The van der Waals surface area contributed by atoms with E-state index in [2.05, 4.69) is 19.2 Å². The van der Waals surface area contributed by atoms with Crippen molar-refractivity contribution in [2.75, 3.05) is 26.1 Å². The van der Waals surface area contributed by atoms with Crippen LogP contribution in [-0.4, -0.2) is 43.9 Å². The number of anilines is 1. The Kier molecular flexibility index (Phi) is 6.75. The molecular weight excluding hydrogens is 392 g/mol. The molecule has 1 amide bonds. The Morgan fingerprint density at radius 3 is 2.55 bits per heavy atom. The molecule has 1 N–H and O–H groups in total. The zero-order valence-electron chi connectivity index (χ0n) is 17.2. The fourth-order valence-electron chi connectivity index (χ4n) is 3.42. The average molecular weight is 419 g/mol. The van der Waals surface area contributed by atoms with E-state index < -0.39 is 0 Å². The quantitative estimate of drug-likeness (QED) is 0.670. The van der Waals surface area contributed by atoms with E-state index in [4.69, 9.17) is 25.8 Å². The minimum atomic E-state index is -0.302. The normalized spacial score (nSPS) is 16.1. The summed E-state index contributed by atoms with van der Waals surface area (Å²) in [6.45, 7) is 4.93. The van der Waals surface area contributed by atoms with Crippen LogP contribution in [0.3, 0.4) is 0 Å². The molecule has 1 heterocycles. The third-order valence-electron chi connectivity index (χ3n) is 4.82. The number of hydrogen-bond donors (Lipinski definition) is 1. The Morgan fingerprint density at radius 2 is 1.86 bits per heavy atom. The number of carbonyl (C=O) groups is 1. The van der Waals surface area contributed by atoms with Crippen molar-refractivity contribution in [1.82, 2.24) is 4.90 Å². The molecule has 0 aliphatic carbocycles. The lowest BCUT2D eigenvalue weighted by atomic mass is 10.0. The number of amides is 1. The van der Waals surface area contributed by atoms with Gasteiger partial charge in [0.25, 0.3) is 0 Å². The summed E-state index contributed by atoms with van der Waals surface area (Å²) < 4.78 is 16.0. The third kappa shape index (κ3) is 5.07. The van der Waals surface area contributed by atoms with Crippen molar-refractivity contribution in [3.63, 3.8) is 0 Å². The number of nitrogens with zero attached hydrogens (tertiary/aromatic N) is 1. The van der Waals surface area contributed by atoms with Crippen LogP contribution in [0.1, 0.15) is 25.0 Å². The molecule has 1 fully saturated rings. The maximum absolute atomic E-state index is 12.3. The molecule has 0 spiro atoms. The van der Waals surface area contributed by atoms with E-state index in [0.29, 0.717) is 36.1 Å². The van der Waals surface area contributed by atoms with Crippen LogP contribution >= 0.6 is 11.6 Å². The van der Waals surface area contributed by atoms with Gasteiger partial charge in [0.05, 0.1) is 31.0 Å². The van der Waals surface area contributed by atoms with Gasteiger partial charge in [0.1, 0.15) is 6.61 Å². The summed E-state index contributed by atoms with van der Waals surface area (Å²) in [6.07, 6.45) is 0.361. The molecule has 2 aromatic carbocycles. The fourth-order valence-corrected chi connectivity index (χ4v) is 3.59. The van der Waals surface area contributed by atoms with Crippen molar-refractivity contribution < 1.29 is 19.0 Å². The summed E-state index contributed by atoms with van der Waals surface area (Å²) in [6, 6.07) is 11.8. The SMILES string of the molecule is COc1ccc(CC2COC(=O)N2Cc2ccc(Cl)c(NC(C)C)c2)cc1OC. The van der Waals surface area contributed by atoms with Crippen molar-refractivity contribution >= 4 is 23.4 Å². The maximum Gasteiger partial charge on any atom is 0.410 e. The standard InChI is InChI=1S/C22H27ClN2O4/c1-14(2)24-19-10-16(5-7-18(19)23)12-25-17(13-29-22(25)26)9-15-6-8-20(27-3)21(11-15)28-4/h5-8,10-11,14,17,24H,9,12-13H2,1-4H3. The van der Waals surface area contributed by atoms with E-state index in [1.54, 1.807) is 19.1 Å². The van der Waals surface area contributed by atoms with Crippen molar-refractivity contribution in [3.8, 4) is 11.5 Å². The first kappa shape index (κ1) is 21.1. The lowest BCUT2D eigenvalue weighted by Gasteiger charge is -2.23. The smallest absolute Gasteiger partial charge is 0.410 e. The summed E-state index contributed by atoms with van der Waals surface area (Å²) >= 11 is 6.29. The van der Waals surface area contributed by atoms with Crippen molar-refractivity contribution in [3.05, 3.63) is 52.5 Å². The topological polar surface area (TPSA) is 60.0 Å². The number of nitrogens with one attached hydrogen (secondary N) is 1. The Morgan fingerprint density at radius 1 is 1.14 bits per heavy atom. The Hall–Kier alpha value is -2.60. The van der Waals surface area contributed by atoms with Gasteiger partial charge in [0.15, 0.2) is 11.5 Å². The van der Waals surface area contributed by atoms with E-state index >= 15 is 0 Å². The number of hydrogen-bond acceptors (Lipinski definition) is 5. The highest BCUT2D eigenvalue weighted by atomic mass is 35.5. The van der Waals surface area contributed by atoms with Crippen LogP contribution < -0.4 is 14.8 Å². The zero-order chi connectivity index (χ0) is 21.0. The van der Waals surface area contributed by atoms with Gasteiger partial charge >= 0.3 is 6.09 Å². The molecule has 7 heteroatoms. The first-order valence-electron chi connectivity index (χ1n) is 9.60. The van der Waals surface area contributed by atoms with E-state index in [0.717, 1.165) is 16.8 Å². The van der Waals surface area contributed by atoms with Crippen LogP contribution in [0.5, 0.6) is 11.5 Å². The van der Waals surface area contributed by atoms with E-state index in [9.17, 15) is 4.79 Å². The van der Waals surface area contributed by atoms with Crippen LogP contribution in [0.4, 0.5) is 10.5 Å². The summed E-state index contributed by atoms with van der Waals surface area (Å²) in [5.41, 5.74) is 2.91. The number of benzene rings is 2. The van der Waals surface area contributed by atoms with Gasteiger partial charge < -0.3 is 19.5 Å². The van der Waals surface area contributed by atoms with Crippen LogP contribution in [-0.2, 0) is 17.7 Å². The molecule has 156 valence electrons.